The van der Waals surface area contributed by atoms with Crippen LogP contribution in [0.4, 0.5) is 0 Å². The molecule has 0 aliphatic rings. The van der Waals surface area contributed by atoms with Crippen LogP contribution in [0, 0.1) is 0 Å². The topological polar surface area (TPSA) is 61.7 Å². The lowest BCUT2D eigenvalue weighted by Crippen LogP contribution is -2.02. The lowest BCUT2D eigenvalue weighted by Gasteiger charge is -2.17. The summed E-state index contributed by atoms with van der Waals surface area (Å²) >= 11 is 0. The predicted molar refractivity (Wildman–Crippen MR) is 258 cm³/mol. The summed E-state index contributed by atoms with van der Waals surface area (Å²) in [5.41, 5.74) is 13.2. The molecule has 4 heterocycles. The SMILES string of the molecule is c1ccc(-c2nc(-c3ccccc3)nc(-c3ccccc3-c3ccccc3-n3c4ccccc4c4c5oc6c(ccc7c6c6ccccc6n7-c6ccccc6)c5ccc43)n2)cc1. The number of rotatable bonds is 6. The predicted octanol–water partition coefficient (Wildman–Crippen LogP) is 14.6. The van der Waals surface area contributed by atoms with E-state index in [9.17, 15) is 0 Å². The van der Waals surface area contributed by atoms with E-state index in [1.54, 1.807) is 0 Å². The van der Waals surface area contributed by atoms with Crippen LogP contribution in [0.25, 0.3) is 122 Å². The van der Waals surface area contributed by atoms with Gasteiger partial charge in [-0.3, -0.25) is 0 Å². The molecular weight excluding hydrogens is 771 g/mol. The van der Waals surface area contributed by atoms with Crippen molar-refractivity contribution in [3.05, 3.63) is 212 Å². The van der Waals surface area contributed by atoms with Gasteiger partial charge in [0.15, 0.2) is 17.5 Å². The van der Waals surface area contributed by atoms with Crippen LogP contribution >= 0.6 is 0 Å². The minimum atomic E-state index is 0.610. The molecule has 6 heteroatoms. The number of fused-ring (bicyclic) bond motifs is 11. The lowest BCUT2D eigenvalue weighted by molar-refractivity contribution is 0.677. The van der Waals surface area contributed by atoms with E-state index in [0.29, 0.717) is 17.5 Å². The fourth-order valence-electron chi connectivity index (χ4n) is 9.65. The number of para-hydroxylation sites is 4. The summed E-state index contributed by atoms with van der Waals surface area (Å²) in [5, 5.41) is 6.68. The minimum Gasteiger partial charge on any atom is -0.455 e. The summed E-state index contributed by atoms with van der Waals surface area (Å²) in [4.78, 5) is 15.3. The van der Waals surface area contributed by atoms with E-state index in [4.69, 9.17) is 19.4 Å². The van der Waals surface area contributed by atoms with Crippen LogP contribution in [0.5, 0.6) is 0 Å². The molecule has 294 valence electrons. The van der Waals surface area contributed by atoms with Gasteiger partial charge in [0, 0.05) is 49.5 Å². The molecule has 13 rings (SSSR count). The molecule has 0 spiro atoms. The first-order valence-electron chi connectivity index (χ1n) is 21.2. The largest absolute Gasteiger partial charge is 0.455 e. The molecule has 0 saturated carbocycles. The van der Waals surface area contributed by atoms with E-state index in [1.807, 2.05) is 60.7 Å². The quantitative estimate of drug-likeness (QED) is 0.168. The molecule has 0 N–H and O–H groups in total. The van der Waals surface area contributed by atoms with Crippen LogP contribution in [0.1, 0.15) is 0 Å². The fourth-order valence-corrected chi connectivity index (χ4v) is 9.65. The third-order valence-corrected chi connectivity index (χ3v) is 12.4. The average molecular weight is 806 g/mol. The third kappa shape index (κ3) is 5.41. The molecule has 0 saturated heterocycles. The Hall–Kier alpha value is -8.61. The Morgan fingerprint density at radius 2 is 0.746 bits per heavy atom. The smallest absolute Gasteiger partial charge is 0.164 e. The zero-order chi connectivity index (χ0) is 41.4. The molecular formula is C57H35N5O. The third-order valence-electron chi connectivity index (χ3n) is 12.4. The van der Waals surface area contributed by atoms with Crippen molar-refractivity contribution in [1.29, 1.82) is 0 Å². The van der Waals surface area contributed by atoms with Crippen LogP contribution in [-0.4, -0.2) is 24.1 Å². The summed E-state index contributed by atoms with van der Waals surface area (Å²) in [6.07, 6.45) is 0. The maximum Gasteiger partial charge on any atom is 0.164 e. The molecule has 0 amide bonds. The number of hydrogen-bond acceptors (Lipinski definition) is 4. The van der Waals surface area contributed by atoms with Gasteiger partial charge in [0.1, 0.15) is 11.2 Å². The van der Waals surface area contributed by atoms with Gasteiger partial charge in [-0.15, -0.1) is 0 Å². The Morgan fingerprint density at radius 1 is 0.302 bits per heavy atom. The molecule has 0 atom stereocenters. The maximum atomic E-state index is 7.23. The molecule has 4 aromatic heterocycles. The molecule has 0 aliphatic heterocycles. The highest BCUT2D eigenvalue weighted by molar-refractivity contribution is 6.29. The van der Waals surface area contributed by atoms with Crippen LogP contribution in [0.3, 0.4) is 0 Å². The Bertz CT molecular complexity index is 3850. The minimum absolute atomic E-state index is 0.610. The highest BCUT2D eigenvalue weighted by Gasteiger charge is 2.24. The standard InChI is InChI=1S/C57H35N5O/c1-4-18-36(19-5-1)55-58-56(37-20-6-2-7-21-37)60-57(59-55)43-26-11-10-24-39(43)40-25-12-15-29-46(40)62-48-31-17-14-28-45(48)52-50(62)35-33-42-41-32-34-49-51(53(41)63-54(42)52)44-27-13-16-30-47(44)61(49)38-22-8-3-9-23-38/h1-35H. The number of nitrogens with zero attached hydrogens (tertiary/aromatic N) is 5. The van der Waals surface area contributed by atoms with Crippen molar-refractivity contribution in [2.24, 2.45) is 0 Å². The first kappa shape index (κ1) is 35.2. The molecule has 6 nitrogen and oxygen atoms in total. The highest BCUT2D eigenvalue weighted by Crippen LogP contribution is 2.46. The molecule has 0 aliphatic carbocycles. The molecule has 0 bridgehead atoms. The van der Waals surface area contributed by atoms with Gasteiger partial charge in [-0.1, -0.05) is 158 Å². The molecule has 0 fully saturated rings. The van der Waals surface area contributed by atoms with E-state index in [-0.39, 0.29) is 0 Å². The van der Waals surface area contributed by atoms with Gasteiger partial charge in [-0.25, -0.2) is 15.0 Å². The molecule has 0 radical (unpaired) electrons. The maximum absolute atomic E-state index is 7.23. The van der Waals surface area contributed by atoms with Crippen LogP contribution in [0.2, 0.25) is 0 Å². The highest BCUT2D eigenvalue weighted by atomic mass is 16.3. The summed E-state index contributed by atoms with van der Waals surface area (Å²) in [6, 6.07) is 74.2. The first-order valence-corrected chi connectivity index (χ1v) is 21.2. The molecule has 9 aromatic carbocycles. The van der Waals surface area contributed by atoms with Gasteiger partial charge in [0.2, 0.25) is 0 Å². The van der Waals surface area contributed by atoms with E-state index in [2.05, 4.69) is 161 Å². The Labute approximate surface area is 361 Å². The second-order valence-corrected chi connectivity index (χ2v) is 15.9. The Balaban J connectivity index is 1.05. The van der Waals surface area contributed by atoms with E-state index < -0.39 is 0 Å². The number of benzene rings is 9. The van der Waals surface area contributed by atoms with E-state index in [1.165, 1.54) is 0 Å². The summed E-state index contributed by atoms with van der Waals surface area (Å²) in [5.74, 6) is 1.86. The molecule has 0 unspecified atom stereocenters. The van der Waals surface area contributed by atoms with Gasteiger partial charge >= 0.3 is 0 Å². The van der Waals surface area contributed by atoms with Gasteiger partial charge in [0.05, 0.1) is 38.5 Å². The van der Waals surface area contributed by atoms with Gasteiger partial charge < -0.3 is 13.6 Å². The molecule has 63 heavy (non-hydrogen) atoms. The molecule has 13 aromatic rings. The van der Waals surface area contributed by atoms with Crippen molar-refractivity contribution in [1.82, 2.24) is 24.1 Å². The number of aromatic nitrogens is 5. The Kier molecular flexibility index (Phi) is 7.80. The van der Waals surface area contributed by atoms with Crippen molar-refractivity contribution in [2.45, 2.75) is 0 Å². The van der Waals surface area contributed by atoms with E-state index >= 15 is 0 Å². The zero-order valence-corrected chi connectivity index (χ0v) is 33.9. The van der Waals surface area contributed by atoms with Crippen molar-refractivity contribution in [3.8, 4) is 56.7 Å². The first-order chi connectivity index (χ1) is 31.3. The van der Waals surface area contributed by atoms with Crippen molar-refractivity contribution in [3.63, 3.8) is 0 Å². The summed E-state index contributed by atoms with van der Waals surface area (Å²) in [6.45, 7) is 0. The second kappa shape index (κ2) is 14.0. The number of hydrogen-bond donors (Lipinski definition) is 0. The van der Waals surface area contributed by atoms with Crippen LogP contribution in [0.15, 0.2) is 217 Å². The zero-order valence-electron chi connectivity index (χ0n) is 33.9. The van der Waals surface area contributed by atoms with Crippen LogP contribution < -0.4 is 0 Å². The average Bonchev–Trinajstić information content (AvgIpc) is 4.02. The van der Waals surface area contributed by atoms with Gasteiger partial charge in [-0.2, -0.15) is 0 Å². The summed E-state index contributed by atoms with van der Waals surface area (Å²) in [7, 11) is 0. The number of furan rings is 1. The summed E-state index contributed by atoms with van der Waals surface area (Å²) < 4.78 is 12.0. The normalized spacial score (nSPS) is 11.8. The Morgan fingerprint density at radius 3 is 1.35 bits per heavy atom. The lowest BCUT2D eigenvalue weighted by atomic mass is 9.97. The van der Waals surface area contributed by atoms with Crippen LogP contribution in [-0.2, 0) is 0 Å². The monoisotopic (exact) mass is 805 g/mol. The fraction of sp³-hybridized carbons (Fsp3) is 0. The van der Waals surface area contributed by atoms with Gasteiger partial charge in [-0.05, 0) is 60.2 Å². The van der Waals surface area contributed by atoms with Gasteiger partial charge in [0.25, 0.3) is 0 Å². The van der Waals surface area contributed by atoms with Crippen molar-refractivity contribution >= 4 is 65.6 Å². The van der Waals surface area contributed by atoms with E-state index in [0.717, 1.165) is 105 Å². The second-order valence-electron chi connectivity index (χ2n) is 15.9. The van der Waals surface area contributed by atoms with Crippen molar-refractivity contribution in [2.75, 3.05) is 0 Å². The van der Waals surface area contributed by atoms with Crippen molar-refractivity contribution < 1.29 is 4.42 Å².